The molecule has 0 aromatic rings. The first-order valence-electron chi connectivity index (χ1n) is 5.75. The Balaban J connectivity index is 3.11. The van der Waals surface area contributed by atoms with Gasteiger partial charge in [0.25, 0.3) is 5.95 Å². The van der Waals surface area contributed by atoms with Gasteiger partial charge in [0.2, 0.25) is 0 Å². The third-order valence-corrected chi connectivity index (χ3v) is 2.02. The predicted molar refractivity (Wildman–Crippen MR) is 60.1 cm³/mol. The van der Waals surface area contributed by atoms with Crippen LogP contribution in [0, 0.1) is 0 Å². The molecule has 14 heavy (non-hydrogen) atoms. The lowest BCUT2D eigenvalue weighted by molar-refractivity contribution is 0.0342. The molecule has 0 atom stereocenters. The third-order valence-electron chi connectivity index (χ3n) is 2.02. The van der Waals surface area contributed by atoms with Gasteiger partial charge in [-0.2, -0.15) is 0 Å². The molecule has 0 unspecified atom stereocenters. The summed E-state index contributed by atoms with van der Waals surface area (Å²) < 4.78 is 10.6. The Morgan fingerprint density at radius 3 is 1.64 bits per heavy atom. The van der Waals surface area contributed by atoms with Crippen LogP contribution in [0.4, 0.5) is 0 Å². The van der Waals surface area contributed by atoms with Gasteiger partial charge in [-0.1, -0.05) is 39.5 Å². The molecular weight excluding hydrogens is 176 g/mol. The van der Waals surface area contributed by atoms with Crippen molar-refractivity contribution in [2.75, 3.05) is 13.2 Å². The highest BCUT2D eigenvalue weighted by atomic mass is 16.7. The van der Waals surface area contributed by atoms with Gasteiger partial charge < -0.3 is 9.47 Å². The first-order chi connectivity index (χ1) is 6.81. The summed E-state index contributed by atoms with van der Waals surface area (Å²) in [5.41, 5.74) is 0. The third kappa shape index (κ3) is 9.43. The van der Waals surface area contributed by atoms with Crippen molar-refractivity contribution in [3.63, 3.8) is 0 Å². The van der Waals surface area contributed by atoms with Gasteiger partial charge in [-0.25, -0.2) is 0 Å². The summed E-state index contributed by atoms with van der Waals surface area (Å²) in [7, 11) is 0. The molecule has 0 N–H and O–H groups in total. The van der Waals surface area contributed by atoms with Gasteiger partial charge in [0.15, 0.2) is 0 Å². The SMILES string of the molecule is C=C(OCCCCC)OCCCCC. The molecule has 84 valence electrons. The fourth-order valence-corrected chi connectivity index (χ4v) is 1.12. The molecule has 0 rings (SSSR count). The molecule has 0 heterocycles. The lowest BCUT2D eigenvalue weighted by Gasteiger charge is -2.09. The zero-order chi connectivity index (χ0) is 10.6. The molecule has 0 radical (unpaired) electrons. The highest BCUT2D eigenvalue weighted by Crippen LogP contribution is 2.03. The van der Waals surface area contributed by atoms with Crippen molar-refractivity contribution in [3.8, 4) is 0 Å². The van der Waals surface area contributed by atoms with Crippen LogP contribution in [0.25, 0.3) is 0 Å². The van der Waals surface area contributed by atoms with Crippen LogP contribution in [0.3, 0.4) is 0 Å². The predicted octanol–water partition coefficient (Wildman–Crippen LogP) is 3.87. The number of hydrogen-bond acceptors (Lipinski definition) is 2. The summed E-state index contributed by atoms with van der Waals surface area (Å²) >= 11 is 0. The maximum Gasteiger partial charge on any atom is 0.271 e. The van der Waals surface area contributed by atoms with Crippen molar-refractivity contribution in [2.24, 2.45) is 0 Å². The van der Waals surface area contributed by atoms with Crippen LogP contribution < -0.4 is 0 Å². The molecule has 0 aliphatic heterocycles. The molecule has 2 heteroatoms. The Labute approximate surface area is 88.3 Å². The van der Waals surface area contributed by atoms with Crippen molar-refractivity contribution < 1.29 is 9.47 Å². The Morgan fingerprint density at radius 2 is 1.29 bits per heavy atom. The normalized spacial score (nSPS) is 9.86. The first-order valence-corrected chi connectivity index (χ1v) is 5.75. The van der Waals surface area contributed by atoms with Crippen molar-refractivity contribution >= 4 is 0 Å². The minimum atomic E-state index is 0.484. The Hall–Kier alpha value is -0.660. The van der Waals surface area contributed by atoms with Gasteiger partial charge in [0.05, 0.1) is 13.2 Å². The van der Waals surface area contributed by atoms with E-state index in [1.807, 2.05) is 0 Å². The smallest absolute Gasteiger partial charge is 0.271 e. The summed E-state index contributed by atoms with van der Waals surface area (Å²) in [6.45, 7) is 9.53. The van der Waals surface area contributed by atoms with Gasteiger partial charge in [0.1, 0.15) is 0 Å². The van der Waals surface area contributed by atoms with Crippen LogP contribution in [0.2, 0.25) is 0 Å². The molecule has 0 aliphatic carbocycles. The molecule has 0 fully saturated rings. The number of rotatable bonds is 10. The highest BCUT2D eigenvalue weighted by molar-refractivity contribution is 4.67. The van der Waals surface area contributed by atoms with Crippen LogP contribution in [-0.4, -0.2) is 13.2 Å². The molecule has 0 saturated heterocycles. The second kappa shape index (κ2) is 10.4. The van der Waals surface area contributed by atoms with Gasteiger partial charge in [0, 0.05) is 0 Å². The maximum atomic E-state index is 5.31. The molecule has 0 amide bonds. The van der Waals surface area contributed by atoms with Gasteiger partial charge in [-0.15, -0.1) is 0 Å². The molecule has 0 aromatic carbocycles. The van der Waals surface area contributed by atoms with Crippen LogP contribution >= 0.6 is 0 Å². The van der Waals surface area contributed by atoms with Crippen molar-refractivity contribution in [1.82, 2.24) is 0 Å². The summed E-state index contributed by atoms with van der Waals surface area (Å²) in [6, 6.07) is 0. The van der Waals surface area contributed by atoms with Crippen LogP contribution in [0.15, 0.2) is 12.5 Å². The molecule has 0 aromatic heterocycles. The molecule has 0 aliphatic rings. The fourth-order valence-electron chi connectivity index (χ4n) is 1.12. The number of unbranched alkanes of at least 4 members (excludes halogenated alkanes) is 4. The minimum absolute atomic E-state index is 0.484. The Morgan fingerprint density at radius 1 is 0.857 bits per heavy atom. The largest absolute Gasteiger partial charge is 0.466 e. The minimum Gasteiger partial charge on any atom is -0.466 e. The topological polar surface area (TPSA) is 18.5 Å². The first kappa shape index (κ1) is 13.3. The van der Waals surface area contributed by atoms with E-state index < -0.39 is 0 Å². The van der Waals surface area contributed by atoms with E-state index in [4.69, 9.17) is 9.47 Å². The maximum absolute atomic E-state index is 5.31. The van der Waals surface area contributed by atoms with E-state index in [0.29, 0.717) is 5.95 Å². The molecule has 0 saturated carbocycles. The van der Waals surface area contributed by atoms with Crippen molar-refractivity contribution in [1.29, 1.82) is 0 Å². The van der Waals surface area contributed by atoms with E-state index in [1.54, 1.807) is 0 Å². The number of hydrogen-bond donors (Lipinski definition) is 0. The quantitative estimate of drug-likeness (QED) is 0.393. The van der Waals surface area contributed by atoms with Crippen LogP contribution in [0.5, 0.6) is 0 Å². The van der Waals surface area contributed by atoms with Gasteiger partial charge in [-0.05, 0) is 19.4 Å². The molecule has 2 nitrogen and oxygen atoms in total. The zero-order valence-electron chi connectivity index (χ0n) is 9.68. The van der Waals surface area contributed by atoms with Gasteiger partial charge >= 0.3 is 0 Å². The average molecular weight is 200 g/mol. The van der Waals surface area contributed by atoms with Crippen molar-refractivity contribution in [3.05, 3.63) is 12.5 Å². The summed E-state index contributed by atoms with van der Waals surface area (Å²) in [5.74, 6) is 0.484. The lowest BCUT2D eigenvalue weighted by atomic mass is 10.3. The van der Waals surface area contributed by atoms with E-state index in [1.165, 1.54) is 25.7 Å². The van der Waals surface area contributed by atoms with Crippen LogP contribution in [0.1, 0.15) is 52.4 Å². The Kier molecular flexibility index (Phi) is 9.93. The lowest BCUT2D eigenvalue weighted by Crippen LogP contribution is -2.00. The zero-order valence-corrected chi connectivity index (χ0v) is 9.68. The Bertz CT molecular complexity index is 118. The number of ether oxygens (including phenoxy) is 2. The standard InChI is InChI=1S/C12H24O2/c1-4-6-8-10-13-12(3)14-11-9-7-5-2/h3-11H2,1-2H3. The second-order valence-corrected chi connectivity index (χ2v) is 3.48. The van der Waals surface area contributed by atoms with E-state index in [-0.39, 0.29) is 0 Å². The van der Waals surface area contributed by atoms with Gasteiger partial charge in [-0.3, -0.25) is 0 Å². The molecular formula is C12H24O2. The average Bonchev–Trinajstić information content (AvgIpc) is 2.19. The van der Waals surface area contributed by atoms with Crippen LogP contribution in [-0.2, 0) is 9.47 Å². The summed E-state index contributed by atoms with van der Waals surface area (Å²) in [5, 5.41) is 0. The summed E-state index contributed by atoms with van der Waals surface area (Å²) in [4.78, 5) is 0. The van der Waals surface area contributed by atoms with E-state index in [2.05, 4.69) is 20.4 Å². The molecule has 0 bridgehead atoms. The molecule has 0 spiro atoms. The van der Waals surface area contributed by atoms with Crippen molar-refractivity contribution in [2.45, 2.75) is 52.4 Å². The second-order valence-electron chi connectivity index (χ2n) is 3.48. The fraction of sp³-hybridized carbons (Fsp3) is 0.833. The summed E-state index contributed by atoms with van der Waals surface area (Å²) in [6.07, 6.45) is 7.04. The highest BCUT2D eigenvalue weighted by Gasteiger charge is 1.95. The van der Waals surface area contributed by atoms with E-state index in [0.717, 1.165) is 26.1 Å². The monoisotopic (exact) mass is 200 g/mol. The van der Waals surface area contributed by atoms with E-state index in [9.17, 15) is 0 Å². The van der Waals surface area contributed by atoms with E-state index >= 15 is 0 Å².